The number of imidazole rings is 1. The summed E-state index contributed by atoms with van der Waals surface area (Å²) in [7, 11) is 2.72. The van der Waals surface area contributed by atoms with Crippen LogP contribution in [0.15, 0.2) is 16.6 Å². The molecule has 92 valence electrons. The molecule has 3 nitrogen and oxygen atoms in total. The highest BCUT2D eigenvalue weighted by atomic mass is 79.9. The van der Waals surface area contributed by atoms with E-state index in [1.165, 1.54) is 14.2 Å². The molecule has 1 heterocycles. The SMILES string of the molecule is COc1ccc(Br)c2c1nc(C(F)(F)F)n2C. The quantitative estimate of drug-likeness (QED) is 0.807. The van der Waals surface area contributed by atoms with Crippen LogP contribution in [0.1, 0.15) is 5.82 Å². The van der Waals surface area contributed by atoms with Gasteiger partial charge in [0, 0.05) is 11.5 Å². The smallest absolute Gasteiger partial charge is 0.449 e. The fourth-order valence-electron chi connectivity index (χ4n) is 1.67. The van der Waals surface area contributed by atoms with Crippen molar-refractivity contribution in [2.24, 2.45) is 7.05 Å². The Morgan fingerprint density at radius 3 is 2.53 bits per heavy atom. The summed E-state index contributed by atoms with van der Waals surface area (Å²) in [4.78, 5) is 3.60. The predicted molar refractivity (Wildman–Crippen MR) is 60.0 cm³/mol. The van der Waals surface area contributed by atoms with Gasteiger partial charge in [0.25, 0.3) is 0 Å². The molecular weight excluding hydrogens is 301 g/mol. The third-order valence-corrected chi connectivity index (χ3v) is 3.05. The highest BCUT2D eigenvalue weighted by Crippen LogP contribution is 2.36. The van der Waals surface area contributed by atoms with Gasteiger partial charge in [-0.15, -0.1) is 0 Å². The van der Waals surface area contributed by atoms with Crippen LogP contribution in [0, 0.1) is 0 Å². The van der Waals surface area contributed by atoms with E-state index in [-0.39, 0.29) is 5.52 Å². The van der Waals surface area contributed by atoms with Gasteiger partial charge in [0.2, 0.25) is 5.82 Å². The molecule has 7 heteroatoms. The summed E-state index contributed by atoms with van der Waals surface area (Å²) in [6, 6.07) is 3.20. The standard InChI is InChI=1S/C10H8BrF3N2O/c1-16-8-5(11)3-4-6(17-2)7(8)15-9(16)10(12,13)14/h3-4H,1-2H3. The molecule has 0 N–H and O–H groups in total. The third kappa shape index (κ3) is 1.88. The Kier molecular flexibility index (Phi) is 2.81. The minimum Gasteiger partial charge on any atom is -0.494 e. The average molecular weight is 309 g/mol. The molecule has 0 saturated carbocycles. The van der Waals surface area contributed by atoms with Crippen LogP contribution >= 0.6 is 15.9 Å². The Bertz CT molecular complexity index is 577. The summed E-state index contributed by atoms with van der Waals surface area (Å²) >= 11 is 3.21. The Labute approximate surface area is 103 Å². The van der Waals surface area contributed by atoms with Gasteiger partial charge in [-0.05, 0) is 28.1 Å². The Morgan fingerprint density at radius 1 is 1.35 bits per heavy atom. The molecule has 0 aliphatic rings. The van der Waals surface area contributed by atoms with Crippen LogP contribution in [-0.4, -0.2) is 16.7 Å². The van der Waals surface area contributed by atoms with E-state index >= 15 is 0 Å². The monoisotopic (exact) mass is 308 g/mol. The number of fused-ring (bicyclic) bond motifs is 1. The lowest BCUT2D eigenvalue weighted by Gasteiger charge is -2.06. The molecule has 0 amide bonds. The number of nitrogens with zero attached hydrogens (tertiary/aromatic N) is 2. The van der Waals surface area contributed by atoms with Gasteiger partial charge >= 0.3 is 6.18 Å². The molecule has 1 aromatic carbocycles. The van der Waals surface area contributed by atoms with Crippen molar-refractivity contribution in [1.29, 1.82) is 0 Å². The van der Waals surface area contributed by atoms with Crippen molar-refractivity contribution in [3.63, 3.8) is 0 Å². The summed E-state index contributed by atoms with van der Waals surface area (Å²) in [5.74, 6) is -0.632. The van der Waals surface area contributed by atoms with Crippen LogP contribution in [0.25, 0.3) is 11.0 Å². The minimum atomic E-state index is -4.49. The van der Waals surface area contributed by atoms with Crippen LogP contribution in [0.4, 0.5) is 13.2 Å². The topological polar surface area (TPSA) is 27.1 Å². The second kappa shape index (κ2) is 3.90. The lowest BCUT2D eigenvalue weighted by molar-refractivity contribution is -0.146. The normalized spacial score (nSPS) is 12.1. The number of hydrogen-bond acceptors (Lipinski definition) is 2. The first-order valence-electron chi connectivity index (χ1n) is 4.62. The largest absolute Gasteiger partial charge is 0.494 e. The Hall–Kier alpha value is -1.24. The molecule has 2 aromatic rings. The molecule has 2 rings (SSSR count). The van der Waals surface area contributed by atoms with E-state index in [2.05, 4.69) is 20.9 Å². The zero-order valence-electron chi connectivity index (χ0n) is 8.97. The van der Waals surface area contributed by atoms with Gasteiger partial charge in [0.1, 0.15) is 11.3 Å². The number of methoxy groups -OCH3 is 1. The van der Waals surface area contributed by atoms with Crippen LogP contribution in [0.2, 0.25) is 0 Å². The first-order chi connectivity index (χ1) is 7.86. The van der Waals surface area contributed by atoms with E-state index in [0.29, 0.717) is 15.7 Å². The maximum absolute atomic E-state index is 12.7. The molecule has 0 spiro atoms. The molecule has 1 aromatic heterocycles. The highest BCUT2D eigenvalue weighted by Gasteiger charge is 2.37. The molecule has 0 aliphatic heterocycles. The van der Waals surface area contributed by atoms with Crippen LogP contribution < -0.4 is 4.74 Å². The van der Waals surface area contributed by atoms with Crippen molar-refractivity contribution in [2.75, 3.05) is 7.11 Å². The lowest BCUT2D eigenvalue weighted by atomic mass is 10.3. The molecule has 0 radical (unpaired) electrons. The van der Waals surface area contributed by atoms with Crippen molar-refractivity contribution < 1.29 is 17.9 Å². The molecule has 0 atom stereocenters. The zero-order chi connectivity index (χ0) is 12.8. The van der Waals surface area contributed by atoms with E-state index in [9.17, 15) is 13.2 Å². The maximum Gasteiger partial charge on any atom is 0.449 e. The fourth-order valence-corrected chi connectivity index (χ4v) is 2.25. The van der Waals surface area contributed by atoms with E-state index in [0.717, 1.165) is 4.57 Å². The van der Waals surface area contributed by atoms with Crippen molar-refractivity contribution >= 4 is 27.0 Å². The van der Waals surface area contributed by atoms with Gasteiger partial charge in [-0.1, -0.05) is 0 Å². The van der Waals surface area contributed by atoms with E-state index in [1.807, 2.05) is 0 Å². The first-order valence-corrected chi connectivity index (χ1v) is 5.41. The predicted octanol–water partition coefficient (Wildman–Crippen LogP) is 3.36. The second-order valence-electron chi connectivity index (χ2n) is 3.44. The van der Waals surface area contributed by atoms with E-state index in [4.69, 9.17) is 4.74 Å². The molecule has 0 fully saturated rings. The summed E-state index contributed by atoms with van der Waals surface area (Å²) in [6.07, 6.45) is -4.49. The fraction of sp³-hybridized carbons (Fsp3) is 0.300. The molecule has 0 saturated heterocycles. The van der Waals surface area contributed by atoms with Crippen LogP contribution in [0.3, 0.4) is 0 Å². The van der Waals surface area contributed by atoms with Gasteiger partial charge in [0.05, 0.1) is 12.6 Å². The number of aromatic nitrogens is 2. The maximum atomic E-state index is 12.7. The molecular formula is C10H8BrF3N2O. The summed E-state index contributed by atoms with van der Waals surface area (Å²) in [5.41, 5.74) is 0.549. The molecule has 0 aliphatic carbocycles. The number of rotatable bonds is 1. The van der Waals surface area contributed by atoms with Crippen molar-refractivity contribution in [3.8, 4) is 5.75 Å². The minimum absolute atomic E-state index is 0.191. The Balaban J connectivity index is 2.85. The molecule has 0 bridgehead atoms. The van der Waals surface area contributed by atoms with Gasteiger partial charge in [-0.3, -0.25) is 0 Å². The molecule has 17 heavy (non-hydrogen) atoms. The number of halogens is 4. The first kappa shape index (κ1) is 12.2. The number of benzene rings is 1. The zero-order valence-corrected chi connectivity index (χ0v) is 10.6. The number of hydrogen-bond donors (Lipinski definition) is 0. The Morgan fingerprint density at radius 2 is 2.00 bits per heavy atom. The van der Waals surface area contributed by atoms with E-state index in [1.54, 1.807) is 12.1 Å². The van der Waals surface area contributed by atoms with Gasteiger partial charge in [-0.2, -0.15) is 13.2 Å². The molecule has 0 unspecified atom stereocenters. The van der Waals surface area contributed by atoms with Crippen molar-refractivity contribution in [1.82, 2.24) is 9.55 Å². The average Bonchev–Trinajstić information content (AvgIpc) is 2.58. The summed E-state index contributed by atoms with van der Waals surface area (Å²) in [6.45, 7) is 0. The number of aryl methyl sites for hydroxylation is 1. The van der Waals surface area contributed by atoms with Crippen molar-refractivity contribution in [2.45, 2.75) is 6.18 Å². The summed E-state index contributed by atoms with van der Waals surface area (Å²) < 4.78 is 44.7. The number of ether oxygens (including phenoxy) is 1. The lowest BCUT2D eigenvalue weighted by Crippen LogP contribution is -2.12. The third-order valence-electron chi connectivity index (χ3n) is 2.41. The summed E-state index contributed by atoms with van der Waals surface area (Å²) in [5, 5.41) is 0. The van der Waals surface area contributed by atoms with Crippen LogP contribution in [0.5, 0.6) is 5.75 Å². The number of alkyl halides is 3. The van der Waals surface area contributed by atoms with Crippen molar-refractivity contribution in [3.05, 3.63) is 22.4 Å². The van der Waals surface area contributed by atoms with Gasteiger partial charge in [0.15, 0.2) is 0 Å². The van der Waals surface area contributed by atoms with E-state index < -0.39 is 12.0 Å². The van der Waals surface area contributed by atoms with Gasteiger partial charge < -0.3 is 9.30 Å². The van der Waals surface area contributed by atoms with Crippen LogP contribution in [-0.2, 0) is 13.2 Å². The highest BCUT2D eigenvalue weighted by molar-refractivity contribution is 9.10. The second-order valence-corrected chi connectivity index (χ2v) is 4.29. The van der Waals surface area contributed by atoms with Gasteiger partial charge in [-0.25, -0.2) is 4.98 Å².